The van der Waals surface area contributed by atoms with Crippen LogP contribution in [0.4, 0.5) is 11.6 Å². The van der Waals surface area contributed by atoms with E-state index in [9.17, 15) is 5.26 Å². The molecule has 3 heterocycles. The van der Waals surface area contributed by atoms with Crippen molar-refractivity contribution < 1.29 is 0 Å². The van der Waals surface area contributed by atoms with E-state index in [4.69, 9.17) is 4.98 Å². The fraction of sp³-hybridized carbons (Fsp3) is 0.417. The highest BCUT2D eigenvalue weighted by Gasteiger charge is 2.19. The maximum atomic E-state index is 9.37. The number of nitriles is 1. The summed E-state index contributed by atoms with van der Waals surface area (Å²) in [7, 11) is 0. The van der Waals surface area contributed by atoms with Crippen LogP contribution >= 0.6 is 0 Å². The first-order valence-corrected chi connectivity index (χ1v) is 10.9. The number of benzene rings is 1. The Morgan fingerprint density at radius 1 is 1.13 bits per heavy atom. The molecule has 1 aliphatic rings. The van der Waals surface area contributed by atoms with E-state index in [-0.39, 0.29) is 6.04 Å². The van der Waals surface area contributed by atoms with Crippen molar-refractivity contribution in [1.82, 2.24) is 20.1 Å². The molecule has 160 valence electrons. The largest absolute Gasteiger partial charge is 0.362 e. The summed E-state index contributed by atoms with van der Waals surface area (Å²) in [4.78, 5) is 9.53. The van der Waals surface area contributed by atoms with Gasteiger partial charge in [0, 0.05) is 43.1 Å². The molecular weight excluding hydrogens is 386 g/mol. The highest BCUT2D eigenvalue weighted by Crippen LogP contribution is 2.30. The van der Waals surface area contributed by atoms with Gasteiger partial charge in [0.15, 0.2) is 5.82 Å². The van der Waals surface area contributed by atoms with E-state index in [0.29, 0.717) is 5.56 Å². The lowest BCUT2D eigenvalue weighted by atomic mass is 9.98. The first kappa shape index (κ1) is 21.0. The first-order chi connectivity index (χ1) is 15.0. The molecular formula is C24H29N7. The van der Waals surface area contributed by atoms with Crippen LogP contribution in [0.1, 0.15) is 42.3 Å². The van der Waals surface area contributed by atoms with E-state index in [2.05, 4.69) is 57.4 Å². The molecule has 0 aliphatic carbocycles. The first-order valence-electron chi connectivity index (χ1n) is 10.9. The third-order valence-corrected chi connectivity index (χ3v) is 6.29. The number of piperazine rings is 1. The van der Waals surface area contributed by atoms with Crippen molar-refractivity contribution in [2.45, 2.75) is 33.7 Å². The standard InChI is InChI=1S/C24H29N7/c1-5-30-9-11-31(12-10-30)23-13-21-22(15-26-23)18(4)28-29-24(21)27-17(3)20-8-6-7-19(14-25)16(20)2/h6-8,13,15,17H,5,9-12H2,1-4H3,(H,27,29)/t17-/m1/s1. The Labute approximate surface area is 183 Å². The lowest BCUT2D eigenvalue weighted by molar-refractivity contribution is 0.270. The lowest BCUT2D eigenvalue weighted by Crippen LogP contribution is -2.46. The molecule has 0 unspecified atom stereocenters. The number of nitrogens with zero attached hydrogens (tertiary/aromatic N) is 6. The predicted octanol–water partition coefficient (Wildman–Crippen LogP) is 3.83. The monoisotopic (exact) mass is 415 g/mol. The number of aromatic nitrogens is 3. The number of nitrogens with one attached hydrogen (secondary N) is 1. The van der Waals surface area contributed by atoms with Crippen molar-refractivity contribution >= 4 is 22.4 Å². The normalized spacial score (nSPS) is 15.6. The van der Waals surface area contributed by atoms with Gasteiger partial charge in [-0.2, -0.15) is 10.4 Å². The van der Waals surface area contributed by atoms with E-state index in [0.717, 1.165) is 72.0 Å². The van der Waals surface area contributed by atoms with Crippen LogP contribution in [0.2, 0.25) is 0 Å². The van der Waals surface area contributed by atoms with E-state index >= 15 is 0 Å². The van der Waals surface area contributed by atoms with Crippen LogP contribution in [0.15, 0.2) is 30.5 Å². The molecule has 7 nitrogen and oxygen atoms in total. The van der Waals surface area contributed by atoms with Crippen LogP contribution in [0.25, 0.3) is 10.8 Å². The van der Waals surface area contributed by atoms with Crippen molar-refractivity contribution in [2.75, 3.05) is 42.9 Å². The Balaban J connectivity index is 1.66. The van der Waals surface area contributed by atoms with Gasteiger partial charge in [-0.25, -0.2) is 4.98 Å². The van der Waals surface area contributed by atoms with Crippen LogP contribution in [0, 0.1) is 25.2 Å². The summed E-state index contributed by atoms with van der Waals surface area (Å²) < 4.78 is 0. The van der Waals surface area contributed by atoms with Crippen molar-refractivity contribution in [1.29, 1.82) is 5.26 Å². The molecule has 7 heteroatoms. The van der Waals surface area contributed by atoms with Crippen LogP contribution in [0.5, 0.6) is 0 Å². The van der Waals surface area contributed by atoms with Gasteiger partial charge in [0.1, 0.15) is 5.82 Å². The van der Waals surface area contributed by atoms with Gasteiger partial charge in [0.05, 0.1) is 23.4 Å². The van der Waals surface area contributed by atoms with Crippen LogP contribution < -0.4 is 10.2 Å². The predicted molar refractivity (Wildman–Crippen MR) is 124 cm³/mol. The Hall–Kier alpha value is -3.24. The van der Waals surface area contributed by atoms with Gasteiger partial charge in [-0.1, -0.05) is 19.1 Å². The average molecular weight is 416 g/mol. The number of hydrogen-bond donors (Lipinski definition) is 1. The van der Waals surface area contributed by atoms with Gasteiger partial charge >= 0.3 is 0 Å². The summed E-state index contributed by atoms with van der Waals surface area (Å²) in [5, 5.41) is 23.7. The van der Waals surface area contributed by atoms with E-state index in [1.165, 1.54) is 0 Å². The molecule has 0 amide bonds. The minimum atomic E-state index is -0.0155. The van der Waals surface area contributed by atoms with Crippen molar-refractivity contribution in [3.05, 3.63) is 52.8 Å². The maximum absolute atomic E-state index is 9.37. The zero-order valence-electron chi connectivity index (χ0n) is 18.7. The molecule has 0 saturated carbocycles. The van der Waals surface area contributed by atoms with Crippen molar-refractivity contribution in [3.63, 3.8) is 0 Å². The topological polar surface area (TPSA) is 81.0 Å². The van der Waals surface area contributed by atoms with Crippen molar-refractivity contribution in [2.24, 2.45) is 0 Å². The molecule has 1 fully saturated rings. The number of pyridine rings is 1. The number of likely N-dealkylation sites (N-methyl/N-ethyl adjacent to an activating group) is 1. The maximum Gasteiger partial charge on any atom is 0.157 e. The second-order valence-corrected chi connectivity index (χ2v) is 8.14. The number of rotatable bonds is 5. The second kappa shape index (κ2) is 8.86. The molecule has 1 aromatic carbocycles. The zero-order chi connectivity index (χ0) is 22.0. The second-order valence-electron chi connectivity index (χ2n) is 8.14. The molecule has 0 spiro atoms. The van der Waals surface area contributed by atoms with E-state index in [1.807, 2.05) is 32.2 Å². The molecule has 1 saturated heterocycles. The molecule has 1 N–H and O–H groups in total. The smallest absolute Gasteiger partial charge is 0.157 e. The molecule has 1 aliphatic heterocycles. The van der Waals surface area contributed by atoms with E-state index < -0.39 is 0 Å². The zero-order valence-corrected chi connectivity index (χ0v) is 18.7. The van der Waals surface area contributed by atoms with Gasteiger partial charge < -0.3 is 15.1 Å². The summed E-state index contributed by atoms with van der Waals surface area (Å²) in [5.74, 6) is 1.72. The summed E-state index contributed by atoms with van der Waals surface area (Å²) >= 11 is 0. The summed E-state index contributed by atoms with van der Waals surface area (Å²) in [6.07, 6.45) is 1.91. The van der Waals surface area contributed by atoms with Crippen LogP contribution in [-0.2, 0) is 0 Å². The van der Waals surface area contributed by atoms with Gasteiger partial charge in [0.2, 0.25) is 0 Å². The Morgan fingerprint density at radius 2 is 1.90 bits per heavy atom. The SMILES string of the molecule is CCN1CCN(c2cc3c(N[C@H](C)c4cccc(C#N)c4C)nnc(C)c3cn2)CC1. The Bertz CT molecular complexity index is 1130. The number of hydrogen-bond acceptors (Lipinski definition) is 7. The minimum absolute atomic E-state index is 0.0155. The number of fused-ring (bicyclic) bond motifs is 1. The lowest BCUT2D eigenvalue weighted by Gasteiger charge is -2.34. The third kappa shape index (κ3) is 4.17. The molecule has 31 heavy (non-hydrogen) atoms. The van der Waals surface area contributed by atoms with Gasteiger partial charge in [0.25, 0.3) is 0 Å². The van der Waals surface area contributed by atoms with Crippen LogP contribution in [0.3, 0.4) is 0 Å². The summed E-state index contributed by atoms with van der Waals surface area (Å²) in [6.45, 7) is 13.4. The molecule has 3 aromatic rings. The quantitative estimate of drug-likeness (QED) is 0.678. The average Bonchev–Trinajstić information content (AvgIpc) is 2.81. The summed E-state index contributed by atoms with van der Waals surface area (Å²) in [5.41, 5.74) is 3.64. The van der Waals surface area contributed by atoms with E-state index in [1.54, 1.807) is 0 Å². The third-order valence-electron chi connectivity index (χ3n) is 6.29. The fourth-order valence-electron chi connectivity index (χ4n) is 4.26. The minimum Gasteiger partial charge on any atom is -0.362 e. The van der Waals surface area contributed by atoms with Crippen molar-refractivity contribution in [3.8, 4) is 6.07 Å². The molecule has 2 aromatic heterocycles. The number of aryl methyl sites for hydroxylation is 1. The van der Waals surface area contributed by atoms with Gasteiger partial charge in [-0.15, -0.1) is 5.10 Å². The highest BCUT2D eigenvalue weighted by molar-refractivity contribution is 5.94. The summed E-state index contributed by atoms with van der Waals surface area (Å²) in [6, 6.07) is 10.2. The molecule has 4 rings (SSSR count). The molecule has 1 atom stereocenters. The fourth-order valence-corrected chi connectivity index (χ4v) is 4.26. The molecule has 0 radical (unpaired) electrons. The van der Waals surface area contributed by atoms with Gasteiger partial charge in [-0.3, -0.25) is 0 Å². The number of anilines is 2. The molecule has 0 bridgehead atoms. The highest BCUT2D eigenvalue weighted by atomic mass is 15.3. The van der Waals surface area contributed by atoms with Crippen LogP contribution in [-0.4, -0.2) is 52.8 Å². The van der Waals surface area contributed by atoms with Gasteiger partial charge in [-0.05, 0) is 50.6 Å². The Kier molecular flexibility index (Phi) is 6.01. The Morgan fingerprint density at radius 3 is 2.61 bits per heavy atom.